The molecule has 3 aromatic heterocycles. The second-order valence-corrected chi connectivity index (χ2v) is 6.47. The fraction of sp³-hybridized carbons (Fsp3) is 0.412. The Labute approximate surface area is 155 Å². The molecule has 0 spiro atoms. The fourth-order valence-corrected chi connectivity index (χ4v) is 3.39. The quantitative estimate of drug-likeness (QED) is 0.569. The Morgan fingerprint density at radius 3 is 3.04 bits per heavy atom. The number of ether oxygens (including phenoxy) is 1. The molecule has 4 rings (SSSR count). The van der Waals surface area contributed by atoms with E-state index in [1.807, 2.05) is 6.07 Å². The Morgan fingerprint density at radius 2 is 2.22 bits per heavy atom. The molecule has 1 saturated heterocycles. The van der Waals surface area contributed by atoms with E-state index in [0.29, 0.717) is 11.5 Å². The summed E-state index contributed by atoms with van der Waals surface area (Å²) in [5.74, 6) is 0.399. The average molecular weight is 370 g/mol. The van der Waals surface area contributed by atoms with Crippen molar-refractivity contribution in [1.82, 2.24) is 24.6 Å². The first-order valence-electron chi connectivity index (χ1n) is 8.87. The van der Waals surface area contributed by atoms with E-state index in [-0.39, 0.29) is 25.3 Å². The first-order valence-corrected chi connectivity index (χ1v) is 8.87. The number of piperidine rings is 1. The molecular formula is C17H22N8O2. The van der Waals surface area contributed by atoms with E-state index in [4.69, 9.17) is 21.3 Å². The Morgan fingerprint density at radius 1 is 1.33 bits per heavy atom. The van der Waals surface area contributed by atoms with E-state index in [1.165, 1.54) is 6.33 Å². The lowest BCUT2D eigenvalue weighted by Gasteiger charge is -2.32. The molecule has 0 bridgehead atoms. The number of aromatic nitrogens is 5. The van der Waals surface area contributed by atoms with Gasteiger partial charge in [-0.25, -0.2) is 14.5 Å². The third kappa shape index (κ3) is 3.36. The molecule has 10 nitrogen and oxygen atoms in total. The SMILES string of the molecule is Nc1ncnn2c(-c3ccnc(OCCO)n3)cc(N3CCC[C@@H](N)C3)c12. The number of anilines is 2. The molecular weight excluding hydrogens is 348 g/mol. The first kappa shape index (κ1) is 17.4. The monoisotopic (exact) mass is 370 g/mol. The molecule has 3 aromatic rings. The van der Waals surface area contributed by atoms with Crippen LogP contribution in [-0.2, 0) is 0 Å². The van der Waals surface area contributed by atoms with Crippen LogP contribution < -0.4 is 21.1 Å². The van der Waals surface area contributed by atoms with Crippen molar-refractivity contribution in [1.29, 1.82) is 0 Å². The molecule has 0 amide bonds. The van der Waals surface area contributed by atoms with Gasteiger partial charge in [-0.05, 0) is 25.0 Å². The molecule has 27 heavy (non-hydrogen) atoms. The number of aliphatic hydroxyl groups excluding tert-OH is 1. The van der Waals surface area contributed by atoms with Gasteiger partial charge in [0, 0.05) is 25.3 Å². The number of nitrogens with two attached hydrogens (primary N) is 2. The van der Waals surface area contributed by atoms with Gasteiger partial charge in [0.15, 0.2) is 5.82 Å². The second-order valence-electron chi connectivity index (χ2n) is 6.47. The zero-order valence-electron chi connectivity index (χ0n) is 14.8. The standard InChI is InChI=1S/C17H22N8O2/c18-11-2-1-5-24(9-11)14-8-13(25-15(14)16(19)21-10-22-25)12-3-4-20-17(23-12)27-7-6-26/h3-4,8,10-11,26H,1-2,5-7,9,18H2,(H2,19,21,22)/t11-/m1/s1. The van der Waals surface area contributed by atoms with Crippen molar-refractivity contribution in [3.05, 3.63) is 24.7 Å². The molecule has 142 valence electrons. The van der Waals surface area contributed by atoms with E-state index in [1.54, 1.807) is 16.8 Å². The summed E-state index contributed by atoms with van der Waals surface area (Å²) in [5.41, 5.74) is 15.4. The van der Waals surface area contributed by atoms with Crippen LogP contribution >= 0.6 is 0 Å². The van der Waals surface area contributed by atoms with Gasteiger partial charge in [0.25, 0.3) is 0 Å². The van der Waals surface area contributed by atoms with Crippen LogP contribution in [0.1, 0.15) is 12.8 Å². The third-order valence-electron chi connectivity index (χ3n) is 4.58. The smallest absolute Gasteiger partial charge is 0.317 e. The molecule has 5 N–H and O–H groups in total. The summed E-state index contributed by atoms with van der Waals surface area (Å²) in [6.07, 6.45) is 5.06. The molecule has 4 heterocycles. The summed E-state index contributed by atoms with van der Waals surface area (Å²) in [4.78, 5) is 14.9. The van der Waals surface area contributed by atoms with Crippen LogP contribution in [0.5, 0.6) is 6.01 Å². The topological polar surface area (TPSA) is 141 Å². The maximum atomic E-state index is 8.92. The van der Waals surface area contributed by atoms with Crippen molar-refractivity contribution in [2.24, 2.45) is 5.73 Å². The van der Waals surface area contributed by atoms with Gasteiger partial charge in [-0.3, -0.25) is 0 Å². The van der Waals surface area contributed by atoms with Gasteiger partial charge in [-0.1, -0.05) is 0 Å². The first-order chi connectivity index (χ1) is 13.2. The van der Waals surface area contributed by atoms with E-state index < -0.39 is 0 Å². The van der Waals surface area contributed by atoms with Gasteiger partial charge in [0.05, 0.1) is 23.7 Å². The van der Waals surface area contributed by atoms with Gasteiger partial charge in [0.1, 0.15) is 18.5 Å². The van der Waals surface area contributed by atoms with Crippen molar-refractivity contribution in [2.45, 2.75) is 18.9 Å². The van der Waals surface area contributed by atoms with E-state index in [0.717, 1.165) is 42.8 Å². The summed E-state index contributed by atoms with van der Waals surface area (Å²) >= 11 is 0. The predicted octanol–water partition coefficient (Wildman–Crippen LogP) is 0.0671. The maximum absolute atomic E-state index is 8.92. The van der Waals surface area contributed by atoms with E-state index in [9.17, 15) is 0 Å². The fourth-order valence-electron chi connectivity index (χ4n) is 3.39. The predicted molar refractivity (Wildman–Crippen MR) is 100 cm³/mol. The van der Waals surface area contributed by atoms with Crippen LogP contribution in [0.15, 0.2) is 24.7 Å². The minimum absolute atomic E-state index is 0.106. The van der Waals surface area contributed by atoms with Gasteiger partial charge in [-0.2, -0.15) is 10.1 Å². The largest absolute Gasteiger partial charge is 0.461 e. The number of aliphatic hydroxyl groups is 1. The third-order valence-corrected chi connectivity index (χ3v) is 4.58. The molecule has 1 atom stereocenters. The Balaban J connectivity index is 1.81. The molecule has 10 heteroatoms. The summed E-state index contributed by atoms with van der Waals surface area (Å²) < 4.78 is 7.06. The number of nitrogen functional groups attached to an aromatic ring is 1. The van der Waals surface area contributed by atoms with E-state index in [2.05, 4.69) is 25.0 Å². The van der Waals surface area contributed by atoms with Crippen LogP contribution in [0.3, 0.4) is 0 Å². The highest BCUT2D eigenvalue weighted by Crippen LogP contribution is 2.34. The van der Waals surface area contributed by atoms with Gasteiger partial charge >= 0.3 is 6.01 Å². The summed E-state index contributed by atoms with van der Waals surface area (Å²) in [7, 11) is 0. The molecule has 1 fully saturated rings. The normalized spacial score (nSPS) is 17.4. The number of nitrogens with zero attached hydrogens (tertiary/aromatic N) is 6. The molecule has 0 aliphatic carbocycles. The van der Waals surface area contributed by atoms with Gasteiger partial charge < -0.3 is 26.2 Å². The molecule has 1 aliphatic heterocycles. The Bertz CT molecular complexity index is 944. The highest BCUT2D eigenvalue weighted by Gasteiger charge is 2.24. The highest BCUT2D eigenvalue weighted by molar-refractivity contribution is 5.88. The van der Waals surface area contributed by atoms with Crippen LogP contribution in [0.4, 0.5) is 11.5 Å². The highest BCUT2D eigenvalue weighted by atomic mass is 16.5. The zero-order valence-corrected chi connectivity index (χ0v) is 14.8. The zero-order chi connectivity index (χ0) is 18.8. The minimum atomic E-state index is -0.106. The molecule has 1 aliphatic rings. The summed E-state index contributed by atoms with van der Waals surface area (Å²) in [5, 5.41) is 13.3. The van der Waals surface area contributed by atoms with Crippen molar-refractivity contribution in [3.63, 3.8) is 0 Å². The second kappa shape index (κ2) is 7.33. The number of hydrogen-bond donors (Lipinski definition) is 3. The molecule has 0 aromatic carbocycles. The van der Waals surface area contributed by atoms with Crippen molar-refractivity contribution in [2.75, 3.05) is 36.9 Å². The molecule has 0 radical (unpaired) electrons. The van der Waals surface area contributed by atoms with Gasteiger partial charge in [0.2, 0.25) is 0 Å². The van der Waals surface area contributed by atoms with Crippen LogP contribution in [0.25, 0.3) is 16.9 Å². The van der Waals surface area contributed by atoms with Gasteiger partial charge in [-0.15, -0.1) is 0 Å². The lowest BCUT2D eigenvalue weighted by Crippen LogP contribution is -2.42. The van der Waals surface area contributed by atoms with Crippen LogP contribution in [0, 0.1) is 0 Å². The minimum Gasteiger partial charge on any atom is -0.461 e. The maximum Gasteiger partial charge on any atom is 0.317 e. The van der Waals surface area contributed by atoms with Crippen LogP contribution in [-0.4, -0.2) is 62.0 Å². The van der Waals surface area contributed by atoms with Crippen LogP contribution in [0.2, 0.25) is 0 Å². The molecule has 0 unspecified atom stereocenters. The van der Waals surface area contributed by atoms with Crippen molar-refractivity contribution < 1.29 is 9.84 Å². The van der Waals surface area contributed by atoms with E-state index >= 15 is 0 Å². The number of fused-ring (bicyclic) bond motifs is 1. The lowest BCUT2D eigenvalue weighted by molar-refractivity contribution is 0.191. The average Bonchev–Trinajstić information content (AvgIpc) is 3.08. The van der Waals surface area contributed by atoms with Crippen molar-refractivity contribution >= 4 is 17.0 Å². The Hall–Kier alpha value is -2.98. The molecule has 0 saturated carbocycles. The summed E-state index contributed by atoms with van der Waals surface area (Å²) in [6, 6.07) is 4.09. The number of hydrogen-bond acceptors (Lipinski definition) is 9. The number of rotatable bonds is 5. The lowest BCUT2D eigenvalue weighted by atomic mass is 10.1. The Kier molecular flexibility index (Phi) is 4.73. The van der Waals surface area contributed by atoms with Crippen molar-refractivity contribution in [3.8, 4) is 17.4 Å². The summed E-state index contributed by atoms with van der Waals surface area (Å²) in [6.45, 7) is 1.67.